The highest BCUT2D eigenvalue weighted by Crippen LogP contribution is 2.42. The van der Waals surface area contributed by atoms with Crippen LogP contribution in [0.2, 0.25) is 0 Å². The van der Waals surface area contributed by atoms with Crippen LogP contribution in [0.1, 0.15) is 196 Å². The Labute approximate surface area is 574 Å². The van der Waals surface area contributed by atoms with Crippen molar-refractivity contribution in [3.63, 3.8) is 0 Å². The van der Waals surface area contributed by atoms with Gasteiger partial charge in [0.1, 0.15) is 23.2 Å². The number of carbonyl (C=O) groups is 5. The van der Waals surface area contributed by atoms with Crippen LogP contribution >= 0.6 is 11.3 Å². The summed E-state index contributed by atoms with van der Waals surface area (Å²) in [5, 5.41) is 43.4. The largest absolute Gasteiger partial charge is 0.393 e. The van der Waals surface area contributed by atoms with Crippen molar-refractivity contribution < 1.29 is 38.6 Å². The van der Waals surface area contributed by atoms with Crippen molar-refractivity contribution in [3.05, 3.63) is 149 Å². The first-order valence-electron chi connectivity index (χ1n) is 35.2. The van der Waals surface area contributed by atoms with Gasteiger partial charge in [-0.25, -0.2) is 14.4 Å². The van der Waals surface area contributed by atoms with E-state index in [2.05, 4.69) is 91.2 Å². The van der Waals surface area contributed by atoms with E-state index < -0.39 is 53.0 Å². The van der Waals surface area contributed by atoms with Gasteiger partial charge >= 0.3 is 0 Å². The molecule has 0 radical (unpaired) electrons. The highest BCUT2D eigenvalue weighted by Gasteiger charge is 2.53. The van der Waals surface area contributed by atoms with E-state index in [9.17, 15) is 44.0 Å². The Balaban J connectivity index is 0.605. The molecule has 97 heavy (non-hydrogen) atoms. The van der Waals surface area contributed by atoms with Gasteiger partial charge in [0.15, 0.2) is 5.67 Å². The number of rotatable bonds is 31. The SMILES string of the molecule is Cc1ncsc1-c1ccc([C@H](CC(=O)NCCCCCCCCCCCCNC(=O)CCCCC#Cc2cccc(Cn3c(-c4ccccc4)c(-c4ccccc4)c4c(=N)n(C5CCC(O)CC5)cnc43)c2)NC(=O)[C@@H]2C[C@@H](O)CN2C(=O)C(NC(=O)C2(F)CC2)C(C)(C)C)cc1. The Kier molecular flexibility index (Phi) is 24.9. The first-order chi connectivity index (χ1) is 46.8. The van der Waals surface area contributed by atoms with Gasteiger partial charge in [0.25, 0.3) is 5.91 Å². The number of nitrogens with one attached hydrogen (secondary N) is 5. The average molecular weight is 1340 g/mol. The van der Waals surface area contributed by atoms with Gasteiger partial charge in [-0.05, 0) is 116 Å². The second kappa shape index (κ2) is 33.8. The summed E-state index contributed by atoms with van der Waals surface area (Å²) in [7, 11) is 0. The number of unbranched alkanes of at least 4 members (excludes halogenated alkanes) is 11. The number of β-amino-alcohol motifs (C(OH)–C–C–N with tert-alkyl or cyclic N) is 1. The predicted octanol–water partition coefficient (Wildman–Crippen LogP) is 12.9. The zero-order valence-corrected chi connectivity index (χ0v) is 57.7. The van der Waals surface area contributed by atoms with E-state index in [0.29, 0.717) is 43.5 Å². The fourth-order valence-corrected chi connectivity index (χ4v) is 14.4. The molecule has 19 heteroatoms. The van der Waals surface area contributed by atoms with Crippen molar-refractivity contribution in [1.29, 1.82) is 5.41 Å². The summed E-state index contributed by atoms with van der Waals surface area (Å²) in [5.41, 5.74) is 8.78. The van der Waals surface area contributed by atoms with Crippen molar-refractivity contribution in [2.24, 2.45) is 5.41 Å². The van der Waals surface area contributed by atoms with Gasteiger partial charge < -0.3 is 45.5 Å². The van der Waals surface area contributed by atoms with Crippen LogP contribution in [-0.4, -0.2) is 113 Å². The van der Waals surface area contributed by atoms with Gasteiger partial charge in [-0.2, -0.15) is 0 Å². The molecule has 0 bridgehead atoms. The predicted molar refractivity (Wildman–Crippen MR) is 379 cm³/mol. The highest BCUT2D eigenvalue weighted by molar-refractivity contribution is 7.13. The third-order valence-electron chi connectivity index (χ3n) is 19.3. The Morgan fingerprint density at radius 1 is 0.732 bits per heavy atom. The van der Waals surface area contributed by atoms with E-state index in [0.717, 1.165) is 163 Å². The lowest BCUT2D eigenvalue weighted by atomic mass is 9.85. The number of aryl methyl sites for hydroxylation is 1. The average Bonchev–Trinajstić information content (AvgIpc) is 1.58. The number of amides is 5. The minimum atomic E-state index is -2.00. The number of fused-ring (bicyclic) bond motifs is 1. The molecule has 2 aliphatic carbocycles. The number of hydrogen-bond donors (Lipinski definition) is 7. The van der Waals surface area contributed by atoms with E-state index >= 15 is 0 Å². The standard InChI is InChI=1S/C78H97FN10O7S/c1-53-70(97-52-84-53)59-36-34-56(35-37-59)63(85-74(94)64-47-62(91)50-87(64)75(95)71(77(2,3)4)86-76(96)78(79)42-43-78)48-66(93)82-45-24-14-10-8-6-5-7-9-13-23-44-81-65(92)33-22-12-11-17-26-54-27-25-28-55(46-54)49-88-69(58-31-20-16-21-32-58)67(57-29-18-15-19-30-57)68-72(80)89(51-83-73(68)88)60-38-40-61(90)41-39-60/h15-16,18-21,25,27-32,34-37,46,51-52,60-64,71,80,90-91H,5-14,22-24,33,38-45,47-50H2,1-4H3,(H,81,92)(H,82,93)(H,85,94)(H,86,96)/t60?,61?,62-,63+,64+,71?/m1/s1. The molecule has 5 amide bonds. The molecule has 2 saturated carbocycles. The van der Waals surface area contributed by atoms with Crippen LogP contribution < -0.4 is 26.8 Å². The van der Waals surface area contributed by atoms with Crippen molar-refractivity contribution >= 4 is 51.9 Å². The van der Waals surface area contributed by atoms with Crippen LogP contribution in [0.25, 0.3) is 43.9 Å². The number of aliphatic hydroxyl groups excluding tert-OH is 2. The van der Waals surface area contributed by atoms with Crippen LogP contribution in [-0.2, 0) is 30.5 Å². The molecule has 514 valence electrons. The molecule has 3 fully saturated rings. The molecule has 17 nitrogen and oxygen atoms in total. The third kappa shape index (κ3) is 19.1. The summed E-state index contributed by atoms with van der Waals surface area (Å²) >= 11 is 1.53. The van der Waals surface area contributed by atoms with E-state index in [-0.39, 0.29) is 56.2 Å². The maximum absolute atomic E-state index is 14.8. The van der Waals surface area contributed by atoms with Crippen molar-refractivity contribution in [3.8, 4) is 44.7 Å². The number of likely N-dealkylation sites (tertiary alicyclic amines) is 1. The molecule has 4 atom stereocenters. The monoisotopic (exact) mass is 1340 g/mol. The van der Waals surface area contributed by atoms with Crippen molar-refractivity contribution in [1.82, 2.24) is 45.3 Å². The quantitative estimate of drug-likeness (QED) is 0.0161. The van der Waals surface area contributed by atoms with E-state index in [1.54, 1.807) is 26.3 Å². The molecular weight excluding hydrogens is 1240 g/mol. The van der Waals surface area contributed by atoms with Crippen LogP contribution in [0.5, 0.6) is 0 Å². The van der Waals surface area contributed by atoms with Crippen LogP contribution in [0, 0.1) is 29.6 Å². The fourth-order valence-electron chi connectivity index (χ4n) is 13.6. The molecule has 1 aliphatic heterocycles. The zero-order chi connectivity index (χ0) is 68.5. The number of thiazole rings is 1. The smallest absolute Gasteiger partial charge is 0.258 e. The van der Waals surface area contributed by atoms with Crippen molar-refractivity contribution in [2.75, 3.05) is 19.6 Å². The maximum atomic E-state index is 14.8. The molecular formula is C78H97FN10O7S. The normalized spacial score (nSPS) is 18.0. The zero-order valence-electron chi connectivity index (χ0n) is 56.9. The van der Waals surface area contributed by atoms with Gasteiger partial charge in [-0.15, -0.1) is 11.3 Å². The molecule has 7 aromatic rings. The van der Waals surface area contributed by atoms with Gasteiger partial charge in [-0.1, -0.05) is 181 Å². The summed E-state index contributed by atoms with van der Waals surface area (Å²) in [6.07, 6.45) is 17.1. The number of carbonyl (C=O) groups excluding carboxylic acids is 5. The highest BCUT2D eigenvalue weighted by atomic mass is 32.1. The molecule has 1 unspecified atom stereocenters. The summed E-state index contributed by atoms with van der Waals surface area (Å²) < 4.78 is 19.1. The Hall–Kier alpha value is -8.31. The minimum absolute atomic E-state index is 0.0321. The topological polar surface area (TPSA) is 237 Å². The molecule has 1 saturated heterocycles. The number of halogens is 1. The second-order valence-electron chi connectivity index (χ2n) is 27.9. The molecule has 3 aromatic heterocycles. The molecule has 3 aliphatic rings. The van der Waals surface area contributed by atoms with E-state index in [1.807, 2.05) is 78.5 Å². The van der Waals surface area contributed by atoms with Gasteiger partial charge in [0.2, 0.25) is 23.6 Å². The number of hydrogen-bond acceptors (Lipinski definition) is 11. The van der Waals surface area contributed by atoms with Gasteiger partial charge in [0, 0.05) is 62.6 Å². The fraction of sp³-hybridized carbons (Fsp3) is 0.487. The lowest BCUT2D eigenvalue weighted by Crippen LogP contribution is -2.59. The number of nitrogens with zero attached hydrogens (tertiary/aromatic N) is 5. The Morgan fingerprint density at radius 2 is 1.37 bits per heavy atom. The lowest BCUT2D eigenvalue weighted by molar-refractivity contribution is -0.145. The summed E-state index contributed by atoms with van der Waals surface area (Å²) in [6, 6.07) is 33.8. The molecule has 10 rings (SSSR count). The third-order valence-corrected chi connectivity index (χ3v) is 20.3. The van der Waals surface area contributed by atoms with Crippen LogP contribution in [0.4, 0.5) is 4.39 Å². The molecule has 7 N–H and O–H groups in total. The first-order valence-corrected chi connectivity index (χ1v) is 36.1. The number of aliphatic hydroxyl groups is 2. The van der Waals surface area contributed by atoms with Crippen LogP contribution in [0.3, 0.4) is 0 Å². The van der Waals surface area contributed by atoms with E-state index in [1.165, 1.54) is 16.2 Å². The number of aromatic nitrogens is 4. The van der Waals surface area contributed by atoms with Gasteiger partial charge in [0.05, 0.1) is 58.2 Å². The van der Waals surface area contributed by atoms with Crippen molar-refractivity contribution in [2.45, 2.75) is 218 Å². The Morgan fingerprint density at radius 3 is 2.00 bits per heavy atom. The number of benzene rings is 4. The summed E-state index contributed by atoms with van der Waals surface area (Å²) in [6.45, 7) is 8.79. The Bertz CT molecular complexity index is 3930. The first kappa shape index (κ1) is 71.5. The molecule has 4 heterocycles. The van der Waals surface area contributed by atoms with Gasteiger partial charge in [-0.3, -0.25) is 29.4 Å². The molecule has 0 spiro atoms. The molecule has 4 aromatic carbocycles. The maximum Gasteiger partial charge on any atom is 0.258 e. The van der Waals surface area contributed by atoms with Crippen LogP contribution in [0.15, 0.2) is 121 Å². The summed E-state index contributed by atoms with van der Waals surface area (Å²) in [4.78, 5) is 79.3. The minimum Gasteiger partial charge on any atom is -0.393 e. The number of alkyl halides is 1. The van der Waals surface area contributed by atoms with E-state index in [4.69, 9.17) is 4.98 Å². The summed E-state index contributed by atoms with van der Waals surface area (Å²) in [5.74, 6) is 4.62. The second-order valence-corrected chi connectivity index (χ2v) is 28.8. The lowest BCUT2D eigenvalue weighted by Gasteiger charge is -2.36.